The van der Waals surface area contributed by atoms with Crippen LogP contribution in [0.15, 0.2) is 35.4 Å². The van der Waals surface area contributed by atoms with Gasteiger partial charge < -0.3 is 19.3 Å². The smallest absolute Gasteiger partial charge is 0.341 e. The zero-order valence-electron chi connectivity index (χ0n) is 22.8. The molecule has 1 aromatic rings. The number of benzene rings is 1. The summed E-state index contributed by atoms with van der Waals surface area (Å²) in [7, 11) is 0. The fourth-order valence-corrected chi connectivity index (χ4v) is 9.17. The van der Waals surface area contributed by atoms with Gasteiger partial charge in [0, 0.05) is 10.9 Å². The van der Waals surface area contributed by atoms with Crippen LogP contribution in [0.3, 0.4) is 0 Å². The normalized spacial score (nSPS) is 41.2. The van der Waals surface area contributed by atoms with E-state index in [1.54, 1.807) is 20.8 Å². The van der Waals surface area contributed by atoms with Gasteiger partial charge in [0.15, 0.2) is 23.3 Å². The predicted octanol–water partition coefficient (Wildman–Crippen LogP) is 6.44. The summed E-state index contributed by atoms with van der Waals surface area (Å²) in [6.45, 7) is 12.0. The lowest BCUT2D eigenvalue weighted by Gasteiger charge is -2.52. The second-order valence-corrected chi connectivity index (χ2v) is 14.3. The second kappa shape index (κ2) is 8.56. The number of hydrogen-bond donors (Lipinski definition) is 1. The van der Waals surface area contributed by atoms with E-state index in [0.29, 0.717) is 17.1 Å². The van der Waals surface area contributed by atoms with Gasteiger partial charge in [-0.3, -0.25) is 4.79 Å². The molecule has 39 heavy (non-hydrogen) atoms. The topological polar surface area (TPSA) is 82.1 Å². The summed E-state index contributed by atoms with van der Waals surface area (Å²) in [5, 5.41) is 13.4. The highest BCUT2D eigenvalue weighted by atomic mass is 35.5. The highest BCUT2D eigenvalue weighted by Crippen LogP contribution is 2.72. The molecule has 0 radical (unpaired) electrons. The van der Waals surface area contributed by atoms with Crippen molar-refractivity contribution in [3.05, 3.63) is 56.1 Å². The quantitative estimate of drug-likeness (QED) is 0.313. The number of aliphatic hydroxyl groups is 1. The summed E-state index contributed by atoms with van der Waals surface area (Å²) >= 11 is 18.7. The summed E-state index contributed by atoms with van der Waals surface area (Å²) in [5.41, 5.74) is -2.03. The van der Waals surface area contributed by atoms with Crippen molar-refractivity contribution in [3.63, 3.8) is 0 Å². The van der Waals surface area contributed by atoms with Crippen molar-refractivity contribution in [3.8, 4) is 0 Å². The number of hydrogen-bond acceptors (Lipinski definition) is 6. The summed E-state index contributed by atoms with van der Waals surface area (Å²) in [6.07, 6.45) is 2.44. The number of ether oxygens (including phenoxy) is 3. The zero-order chi connectivity index (χ0) is 28.4. The average molecular weight is 596 g/mol. The van der Waals surface area contributed by atoms with Gasteiger partial charge in [-0.25, -0.2) is 4.79 Å². The van der Waals surface area contributed by atoms with Crippen molar-refractivity contribution < 1.29 is 28.9 Å². The molecule has 0 amide bonds. The summed E-state index contributed by atoms with van der Waals surface area (Å²) in [5.74, 6) is -2.07. The standard InChI is InChI=1S/C30H33Cl3O6/c1-13-11-29-14(2)7-18-22(27(18,3)4)17(23(29)34)8-15-12-37-28(5,6)39-25(15)30(29,36)24(13)38-26(35)21-19(32)9-16(31)10-20(21)33/h8-11,14,17-18,22,24-25,36H,7,12H2,1-6H3/t14-,17+,18-,22?,24+,25?,29+,30-/m1/s1. The molecule has 1 aliphatic heterocycles. The van der Waals surface area contributed by atoms with Crippen LogP contribution in [0.5, 0.6) is 0 Å². The summed E-state index contributed by atoms with van der Waals surface area (Å²) < 4.78 is 18.5. The van der Waals surface area contributed by atoms with E-state index in [1.807, 2.05) is 19.1 Å². The van der Waals surface area contributed by atoms with E-state index in [-0.39, 0.29) is 50.3 Å². The number of carbonyl (C=O) groups excluding carboxylic acids is 2. The van der Waals surface area contributed by atoms with E-state index >= 15 is 0 Å². The number of allylic oxidation sites excluding steroid dienone is 1. The van der Waals surface area contributed by atoms with Crippen molar-refractivity contribution in [2.75, 3.05) is 6.61 Å². The number of fused-ring (bicyclic) bond motifs is 5. The van der Waals surface area contributed by atoms with Crippen LogP contribution < -0.4 is 0 Å². The maximum absolute atomic E-state index is 14.7. The number of halogens is 3. The van der Waals surface area contributed by atoms with E-state index in [9.17, 15) is 14.7 Å². The van der Waals surface area contributed by atoms with Crippen LogP contribution in [-0.4, -0.2) is 47.1 Å². The molecule has 8 atom stereocenters. The van der Waals surface area contributed by atoms with Gasteiger partial charge in [0.05, 0.1) is 27.6 Å². The maximum Gasteiger partial charge on any atom is 0.341 e. The molecule has 1 heterocycles. The highest BCUT2D eigenvalue weighted by molar-refractivity contribution is 6.41. The Balaban J connectivity index is 1.52. The monoisotopic (exact) mass is 594 g/mol. The predicted molar refractivity (Wildman–Crippen MR) is 148 cm³/mol. The molecule has 1 saturated heterocycles. The Hall–Kier alpha value is -1.41. The summed E-state index contributed by atoms with van der Waals surface area (Å²) in [6, 6.07) is 2.82. The Morgan fingerprint density at radius 1 is 1.13 bits per heavy atom. The van der Waals surface area contributed by atoms with E-state index in [0.717, 1.165) is 6.42 Å². The van der Waals surface area contributed by atoms with Crippen LogP contribution in [0.25, 0.3) is 0 Å². The van der Waals surface area contributed by atoms with E-state index in [1.165, 1.54) is 12.1 Å². The fraction of sp³-hybridized carbons (Fsp3) is 0.600. The minimum Gasteiger partial charge on any atom is -0.451 e. The average Bonchev–Trinajstić information content (AvgIpc) is 3.31. The molecule has 5 aliphatic rings. The Morgan fingerprint density at radius 3 is 2.41 bits per heavy atom. The third kappa shape index (κ3) is 3.65. The van der Waals surface area contributed by atoms with Crippen LogP contribution in [0.4, 0.5) is 0 Å². The Kier molecular flexibility index (Phi) is 6.09. The number of rotatable bonds is 2. The third-order valence-electron chi connectivity index (χ3n) is 10.1. The molecule has 1 N–H and O–H groups in total. The van der Waals surface area contributed by atoms with E-state index in [2.05, 4.69) is 13.8 Å². The van der Waals surface area contributed by atoms with Gasteiger partial charge >= 0.3 is 5.97 Å². The highest BCUT2D eigenvalue weighted by Gasteiger charge is 2.77. The second-order valence-electron chi connectivity index (χ2n) is 13.0. The molecular formula is C30H33Cl3O6. The molecule has 0 aromatic heterocycles. The van der Waals surface area contributed by atoms with Crippen LogP contribution in [0.1, 0.15) is 58.3 Å². The number of carbonyl (C=O) groups is 2. The van der Waals surface area contributed by atoms with Gasteiger partial charge in [-0.2, -0.15) is 0 Å². The fourth-order valence-electron chi connectivity index (χ4n) is 8.20. The first-order valence-electron chi connectivity index (χ1n) is 13.4. The molecule has 2 unspecified atom stereocenters. The van der Waals surface area contributed by atoms with Crippen LogP contribution in [-0.2, 0) is 19.0 Å². The zero-order valence-corrected chi connectivity index (χ0v) is 25.1. The first-order chi connectivity index (χ1) is 18.1. The van der Waals surface area contributed by atoms with Crippen molar-refractivity contribution >= 4 is 46.6 Å². The molecule has 4 aliphatic carbocycles. The van der Waals surface area contributed by atoms with Crippen LogP contribution in [0, 0.1) is 34.5 Å². The molecule has 3 fully saturated rings. The Labute approximate surface area is 243 Å². The molecule has 1 spiro atoms. The lowest BCUT2D eigenvalue weighted by molar-refractivity contribution is -0.302. The molecule has 6 rings (SSSR count). The lowest BCUT2D eigenvalue weighted by Crippen LogP contribution is -2.68. The molecule has 1 aromatic carbocycles. The van der Waals surface area contributed by atoms with Crippen molar-refractivity contribution in [2.24, 2.45) is 34.5 Å². The SMILES string of the molecule is CC1=C[C@]23C(=O)[C@@H](C=C4COC(C)(C)OC4[C@]2(O)[C@H]1OC(=O)c1c(Cl)cc(Cl)cc1Cl)C1[C@@H](C[C@H]3C)C1(C)C. The van der Waals surface area contributed by atoms with Crippen molar-refractivity contribution in [2.45, 2.75) is 71.6 Å². The molecule has 2 saturated carbocycles. The minimum absolute atomic E-state index is 0.00612. The van der Waals surface area contributed by atoms with Gasteiger partial charge in [-0.05, 0) is 73.6 Å². The minimum atomic E-state index is -1.92. The van der Waals surface area contributed by atoms with Gasteiger partial charge in [-0.1, -0.05) is 67.7 Å². The van der Waals surface area contributed by atoms with Gasteiger partial charge in [0.1, 0.15) is 6.10 Å². The van der Waals surface area contributed by atoms with Crippen LogP contribution >= 0.6 is 34.8 Å². The first kappa shape index (κ1) is 27.7. The van der Waals surface area contributed by atoms with Gasteiger partial charge in [-0.15, -0.1) is 0 Å². The molecule has 210 valence electrons. The lowest BCUT2D eigenvalue weighted by atomic mass is 9.59. The Morgan fingerprint density at radius 2 is 1.77 bits per heavy atom. The summed E-state index contributed by atoms with van der Waals surface area (Å²) in [4.78, 5) is 28.3. The number of esters is 1. The molecule has 9 heteroatoms. The first-order valence-corrected chi connectivity index (χ1v) is 14.5. The van der Waals surface area contributed by atoms with E-state index in [4.69, 9.17) is 49.0 Å². The van der Waals surface area contributed by atoms with Gasteiger partial charge in [0.2, 0.25) is 0 Å². The Bertz CT molecular complexity index is 1340. The molecular weight excluding hydrogens is 563 g/mol. The number of ketones is 1. The number of Topliss-reactive ketones (excluding diaryl/α,β-unsaturated/α-hetero) is 1. The van der Waals surface area contributed by atoms with Crippen molar-refractivity contribution in [1.29, 1.82) is 0 Å². The third-order valence-corrected chi connectivity index (χ3v) is 10.9. The van der Waals surface area contributed by atoms with E-state index < -0.39 is 40.9 Å². The molecule has 6 nitrogen and oxygen atoms in total. The van der Waals surface area contributed by atoms with Gasteiger partial charge in [0.25, 0.3) is 0 Å². The molecule has 2 bridgehead atoms. The van der Waals surface area contributed by atoms with Crippen LogP contribution in [0.2, 0.25) is 15.1 Å². The maximum atomic E-state index is 14.7. The van der Waals surface area contributed by atoms with Crippen molar-refractivity contribution in [1.82, 2.24) is 0 Å². The largest absolute Gasteiger partial charge is 0.451 e.